The van der Waals surface area contributed by atoms with Gasteiger partial charge in [0.15, 0.2) is 11.6 Å². The summed E-state index contributed by atoms with van der Waals surface area (Å²) in [4.78, 5) is 23.2. The average Bonchev–Trinajstić information content (AvgIpc) is 2.14. The lowest BCUT2D eigenvalue weighted by molar-refractivity contribution is -0.116. The van der Waals surface area contributed by atoms with Crippen LogP contribution in [0.15, 0.2) is 22.8 Å². The molecule has 0 saturated heterocycles. The molecule has 1 aliphatic carbocycles. The van der Waals surface area contributed by atoms with Crippen molar-refractivity contribution in [3.05, 3.63) is 22.8 Å². The summed E-state index contributed by atoms with van der Waals surface area (Å²) in [6.07, 6.45) is 1.92. The third kappa shape index (κ3) is 2.63. The van der Waals surface area contributed by atoms with Crippen LogP contribution in [0.1, 0.15) is 33.6 Å². The van der Waals surface area contributed by atoms with Crippen molar-refractivity contribution in [2.45, 2.75) is 39.7 Å². The molecular formula is C12H16O3. The van der Waals surface area contributed by atoms with Crippen LogP contribution in [0, 0.1) is 0 Å². The van der Waals surface area contributed by atoms with E-state index in [9.17, 15) is 9.59 Å². The highest BCUT2D eigenvalue weighted by Crippen LogP contribution is 2.23. The van der Waals surface area contributed by atoms with Crippen LogP contribution in [0.3, 0.4) is 0 Å². The Kier molecular flexibility index (Phi) is 3.58. The monoisotopic (exact) mass is 208 g/mol. The summed E-state index contributed by atoms with van der Waals surface area (Å²) in [5.74, 6) is -0.152. The molecule has 0 amide bonds. The molecule has 0 aromatic heterocycles. The van der Waals surface area contributed by atoms with Crippen LogP contribution in [0.5, 0.6) is 0 Å². The number of Topliss-reactive ketones (excluding diaryl/α,β-unsaturated/α-hetero) is 1. The lowest BCUT2D eigenvalue weighted by Crippen LogP contribution is -2.17. The van der Waals surface area contributed by atoms with Crippen molar-refractivity contribution in [2.75, 3.05) is 0 Å². The molecule has 1 aliphatic rings. The van der Waals surface area contributed by atoms with Gasteiger partial charge in [0.1, 0.15) is 0 Å². The molecule has 0 spiro atoms. The maximum Gasteiger partial charge on any atom is 0.185 e. The summed E-state index contributed by atoms with van der Waals surface area (Å²) in [6.45, 7) is 4.99. The topological polar surface area (TPSA) is 54.4 Å². The molecule has 0 aliphatic heterocycles. The fourth-order valence-electron chi connectivity index (χ4n) is 1.58. The number of hydrogen-bond donors (Lipinski definition) is 1. The van der Waals surface area contributed by atoms with Crippen molar-refractivity contribution in [3.8, 4) is 0 Å². The van der Waals surface area contributed by atoms with Crippen LogP contribution in [0.2, 0.25) is 0 Å². The van der Waals surface area contributed by atoms with Gasteiger partial charge in [-0.1, -0.05) is 0 Å². The molecule has 0 aromatic carbocycles. The zero-order valence-electron chi connectivity index (χ0n) is 9.33. The van der Waals surface area contributed by atoms with Gasteiger partial charge in [0.25, 0.3) is 0 Å². The first-order chi connectivity index (χ1) is 6.93. The molecule has 0 radical (unpaired) electrons. The van der Waals surface area contributed by atoms with Crippen molar-refractivity contribution in [3.63, 3.8) is 0 Å². The fourth-order valence-corrected chi connectivity index (χ4v) is 1.58. The highest BCUT2D eigenvalue weighted by atomic mass is 16.3. The molecule has 1 rings (SSSR count). The highest BCUT2D eigenvalue weighted by Gasteiger charge is 2.23. The van der Waals surface area contributed by atoms with E-state index < -0.39 is 6.10 Å². The lowest BCUT2D eigenvalue weighted by atomic mass is 9.88. The Bertz CT molecular complexity index is 359. The minimum absolute atomic E-state index is 0.0623. The Morgan fingerprint density at radius 3 is 2.47 bits per heavy atom. The summed E-state index contributed by atoms with van der Waals surface area (Å²) < 4.78 is 0. The Hall–Kier alpha value is -1.22. The molecular weight excluding hydrogens is 192 g/mol. The molecule has 82 valence electrons. The van der Waals surface area contributed by atoms with Crippen molar-refractivity contribution < 1.29 is 14.7 Å². The normalized spacial score (nSPS) is 19.3. The van der Waals surface area contributed by atoms with Gasteiger partial charge in [0.2, 0.25) is 0 Å². The molecule has 1 unspecified atom stereocenters. The maximum atomic E-state index is 11.7. The SMILES string of the molecule is CC1=CC(=O)C(C)=C(CCC(C)O)C1=O. The Balaban J connectivity index is 2.89. The number of ketones is 2. The fraction of sp³-hybridized carbons (Fsp3) is 0.500. The molecule has 1 N–H and O–H groups in total. The number of carbonyl (C=O) groups excluding carboxylic acids is 2. The Labute approximate surface area is 89.5 Å². The molecule has 0 bridgehead atoms. The predicted octanol–water partition coefficient (Wildman–Crippen LogP) is 1.56. The standard InChI is InChI=1S/C12H16O3/c1-7-6-11(14)9(3)10(12(7)15)5-4-8(2)13/h6,8,13H,4-5H2,1-3H3. The van der Waals surface area contributed by atoms with E-state index in [-0.39, 0.29) is 11.6 Å². The smallest absolute Gasteiger partial charge is 0.185 e. The van der Waals surface area contributed by atoms with Crippen molar-refractivity contribution in [1.82, 2.24) is 0 Å². The third-order valence-corrected chi connectivity index (χ3v) is 2.61. The van der Waals surface area contributed by atoms with Gasteiger partial charge in [0.05, 0.1) is 6.10 Å². The Morgan fingerprint density at radius 1 is 1.33 bits per heavy atom. The summed E-state index contributed by atoms with van der Waals surface area (Å²) in [5, 5.41) is 9.15. The van der Waals surface area contributed by atoms with Gasteiger partial charge in [-0.15, -0.1) is 0 Å². The van der Waals surface area contributed by atoms with E-state index in [1.807, 2.05) is 0 Å². The third-order valence-electron chi connectivity index (χ3n) is 2.61. The molecule has 1 atom stereocenters. The average molecular weight is 208 g/mol. The molecule has 3 nitrogen and oxygen atoms in total. The first-order valence-electron chi connectivity index (χ1n) is 5.08. The number of aliphatic hydroxyl groups excluding tert-OH is 1. The second-order valence-electron chi connectivity index (χ2n) is 4.01. The van der Waals surface area contributed by atoms with E-state index in [4.69, 9.17) is 5.11 Å². The molecule has 0 aromatic rings. The number of rotatable bonds is 3. The van der Waals surface area contributed by atoms with Crippen LogP contribution < -0.4 is 0 Å². The maximum absolute atomic E-state index is 11.7. The number of hydrogen-bond acceptors (Lipinski definition) is 3. The molecule has 3 heteroatoms. The van der Waals surface area contributed by atoms with Gasteiger partial charge in [-0.25, -0.2) is 0 Å². The number of allylic oxidation sites excluding steroid dienone is 4. The van der Waals surface area contributed by atoms with Crippen molar-refractivity contribution in [1.29, 1.82) is 0 Å². The van der Waals surface area contributed by atoms with Crippen LogP contribution in [0.25, 0.3) is 0 Å². The zero-order chi connectivity index (χ0) is 11.6. The highest BCUT2D eigenvalue weighted by molar-refractivity contribution is 6.22. The minimum Gasteiger partial charge on any atom is -0.393 e. The summed E-state index contributed by atoms with van der Waals surface area (Å²) >= 11 is 0. The quantitative estimate of drug-likeness (QED) is 0.716. The molecule has 15 heavy (non-hydrogen) atoms. The van der Waals surface area contributed by atoms with Crippen LogP contribution in [0.4, 0.5) is 0 Å². The summed E-state index contributed by atoms with van der Waals surface area (Å²) in [7, 11) is 0. The molecule has 0 heterocycles. The predicted molar refractivity (Wildman–Crippen MR) is 57.4 cm³/mol. The minimum atomic E-state index is -0.445. The largest absolute Gasteiger partial charge is 0.393 e. The van der Waals surface area contributed by atoms with Gasteiger partial charge in [-0.05, 0) is 39.7 Å². The summed E-state index contributed by atoms with van der Waals surface area (Å²) in [6, 6.07) is 0. The Morgan fingerprint density at radius 2 is 1.93 bits per heavy atom. The number of aliphatic hydroxyl groups is 1. The first-order valence-corrected chi connectivity index (χ1v) is 5.08. The summed E-state index contributed by atoms with van der Waals surface area (Å²) in [5.41, 5.74) is 1.57. The van der Waals surface area contributed by atoms with Gasteiger partial charge in [-0.2, -0.15) is 0 Å². The lowest BCUT2D eigenvalue weighted by Gasteiger charge is -2.15. The molecule has 0 saturated carbocycles. The van der Waals surface area contributed by atoms with Crippen LogP contribution in [-0.4, -0.2) is 22.8 Å². The second-order valence-corrected chi connectivity index (χ2v) is 4.01. The van der Waals surface area contributed by atoms with Gasteiger partial charge < -0.3 is 5.11 Å². The first kappa shape index (κ1) is 11.9. The van der Waals surface area contributed by atoms with Crippen molar-refractivity contribution in [2.24, 2.45) is 0 Å². The second kappa shape index (κ2) is 4.53. The van der Waals surface area contributed by atoms with Crippen LogP contribution >= 0.6 is 0 Å². The van der Waals surface area contributed by atoms with Gasteiger partial charge >= 0.3 is 0 Å². The van der Waals surface area contributed by atoms with E-state index in [1.165, 1.54) is 6.08 Å². The number of carbonyl (C=O) groups is 2. The van der Waals surface area contributed by atoms with Gasteiger partial charge in [0, 0.05) is 16.7 Å². The van der Waals surface area contributed by atoms with Crippen LogP contribution in [-0.2, 0) is 9.59 Å². The van der Waals surface area contributed by atoms with E-state index in [1.54, 1.807) is 20.8 Å². The van der Waals surface area contributed by atoms with Gasteiger partial charge in [-0.3, -0.25) is 9.59 Å². The van der Waals surface area contributed by atoms with E-state index in [0.29, 0.717) is 29.6 Å². The van der Waals surface area contributed by atoms with Crippen molar-refractivity contribution >= 4 is 11.6 Å². The zero-order valence-corrected chi connectivity index (χ0v) is 9.33. The van der Waals surface area contributed by atoms with E-state index in [2.05, 4.69) is 0 Å². The van der Waals surface area contributed by atoms with E-state index >= 15 is 0 Å². The molecule has 0 fully saturated rings. The van der Waals surface area contributed by atoms with E-state index in [0.717, 1.165) is 0 Å².